The van der Waals surface area contributed by atoms with Gasteiger partial charge in [-0.15, -0.1) is 24.8 Å². The van der Waals surface area contributed by atoms with Crippen molar-refractivity contribution in [2.75, 3.05) is 0 Å². The van der Waals surface area contributed by atoms with Crippen LogP contribution in [-0.2, 0) is 4.79 Å². The van der Waals surface area contributed by atoms with Crippen LogP contribution in [0.5, 0.6) is 0 Å². The zero-order valence-electron chi connectivity index (χ0n) is 4.20. The first-order valence-electron chi connectivity index (χ1n) is 1.55. The third-order valence-electron chi connectivity index (χ3n) is 0.357. The predicted molar refractivity (Wildman–Crippen MR) is 55.3 cm³/mol. The summed E-state index contributed by atoms with van der Waals surface area (Å²) in [5, 5.41) is 15.8. The Kier molecular flexibility index (Phi) is 77.8. The molecule has 3 nitrogen and oxygen atoms in total. The van der Waals surface area contributed by atoms with E-state index in [1.807, 2.05) is 0 Å². The first-order valence-corrected chi connectivity index (χ1v) is 1.55. The number of halogens is 2. The molecular weight excluding hydrogens is 240 g/mol. The van der Waals surface area contributed by atoms with Crippen LogP contribution in [0.15, 0.2) is 0 Å². The van der Waals surface area contributed by atoms with E-state index in [0.29, 0.717) is 0 Å². The molecule has 0 fully saturated rings. The first kappa shape index (κ1) is 36.5. The van der Waals surface area contributed by atoms with Gasteiger partial charge in [0, 0.05) is 0 Å². The van der Waals surface area contributed by atoms with E-state index >= 15 is 0 Å². The Hall–Kier alpha value is 3.65. The molecule has 0 bridgehead atoms. The molecule has 0 rings (SSSR count). The molecule has 58 valence electrons. The molecule has 2 N–H and O–H groups in total. The van der Waals surface area contributed by atoms with Gasteiger partial charge in [0.2, 0.25) is 0 Å². The fraction of sp³-hybridized carbons (Fsp3) is 0.667. The quantitative estimate of drug-likeness (QED) is 0.549. The number of hydrogen-bond acceptors (Lipinski definition) is 2. The van der Waals surface area contributed by atoms with Gasteiger partial charge in [0.1, 0.15) is 6.10 Å². The molecule has 0 heterocycles. The number of aliphatic hydroxyl groups excluding tert-OH is 1. The monoisotopic (exact) mass is 250 g/mol. The number of carboxylic acid groups (broad SMARTS) is 1. The Morgan fingerprint density at radius 2 is 1.36 bits per heavy atom. The number of carboxylic acids is 1. The first-order chi connectivity index (χ1) is 2.64. The van der Waals surface area contributed by atoms with Gasteiger partial charge in [-0.1, -0.05) is 0 Å². The second-order valence-electron chi connectivity index (χ2n) is 1.01. The van der Waals surface area contributed by atoms with Gasteiger partial charge in [-0.3, -0.25) is 0 Å². The molecule has 0 radical (unpaired) electrons. The summed E-state index contributed by atoms with van der Waals surface area (Å²) in [6.07, 6.45) is -1.23. The molecule has 0 aromatic carbocycles. The average Bonchev–Trinajstić information content (AvgIpc) is 1.36. The summed E-state index contributed by atoms with van der Waals surface area (Å²) in [4.78, 5) is 9.45. The third-order valence-corrected chi connectivity index (χ3v) is 0.357. The summed E-state index contributed by atoms with van der Waals surface area (Å²) in [7, 11) is 0. The Bertz CT molecular complexity index is 75.6. The van der Waals surface area contributed by atoms with E-state index in [2.05, 4.69) is 0 Å². The fourth-order valence-electron chi connectivity index (χ4n) is 0. The normalized spacial score (nSPS) is 7.45. The summed E-state index contributed by atoms with van der Waals surface area (Å²) >= 11 is 0. The summed E-state index contributed by atoms with van der Waals surface area (Å²) in [6, 6.07) is 0. The van der Waals surface area contributed by atoms with Crippen LogP contribution in [-0.4, -0.2) is 133 Å². The number of hydrogen-bond donors (Lipinski definition) is 2. The molecule has 0 saturated heterocycles. The van der Waals surface area contributed by atoms with E-state index < -0.39 is 12.1 Å². The van der Waals surface area contributed by atoms with Crippen molar-refractivity contribution in [2.45, 2.75) is 13.0 Å². The molecule has 1 atom stereocenters. The minimum absolute atomic E-state index is 0. The van der Waals surface area contributed by atoms with E-state index in [1.165, 1.54) is 6.92 Å². The molecule has 0 saturated carbocycles. The fourth-order valence-corrected chi connectivity index (χ4v) is 0. The predicted octanol–water partition coefficient (Wildman–Crippen LogP) is -1.65. The van der Waals surface area contributed by atoms with Crippen LogP contribution in [0.1, 0.15) is 6.92 Å². The SMILES string of the molecule is CC(O)C(=O)O.Cl.Cl.[KH].[NaH].[NaH]. The van der Waals surface area contributed by atoms with Gasteiger partial charge in [0.25, 0.3) is 0 Å². The van der Waals surface area contributed by atoms with E-state index in [9.17, 15) is 4.79 Å². The van der Waals surface area contributed by atoms with E-state index in [1.54, 1.807) is 0 Å². The summed E-state index contributed by atoms with van der Waals surface area (Å²) in [5.41, 5.74) is 0. The van der Waals surface area contributed by atoms with Crippen molar-refractivity contribution in [1.82, 2.24) is 0 Å². The standard InChI is InChI=1S/C3H6O3.2ClH.K.2Na.3H/c1-2(4)3(5)6;;;;;;;;/h2,4H,1H3,(H,5,6);2*1H;;;;;;. The van der Waals surface area contributed by atoms with E-state index in [0.717, 1.165) is 0 Å². The molecular formula is C3H11Cl2KNa2O3. The van der Waals surface area contributed by atoms with Gasteiger partial charge in [-0.2, -0.15) is 0 Å². The Balaban J connectivity index is -0.0000000125. The van der Waals surface area contributed by atoms with Crippen LogP contribution in [0.2, 0.25) is 0 Å². The molecule has 11 heavy (non-hydrogen) atoms. The van der Waals surface area contributed by atoms with Crippen molar-refractivity contribution in [3.05, 3.63) is 0 Å². The van der Waals surface area contributed by atoms with Gasteiger partial charge in [-0.25, -0.2) is 4.79 Å². The number of aliphatic carboxylic acids is 1. The Morgan fingerprint density at radius 1 is 1.27 bits per heavy atom. The van der Waals surface area contributed by atoms with Gasteiger partial charge in [0.05, 0.1) is 0 Å². The van der Waals surface area contributed by atoms with E-state index in [-0.39, 0.29) is 135 Å². The van der Waals surface area contributed by atoms with Crippen molar-refractivity contribution in [3.63, 3.8) is 0 Å². The van der Waals surface area contributed by atoms with Gasteiger partial charge in [0.15, 0.2) is 0 Å². The van der Waals surface area contributed by atoms with Gasteiger partial charge < -0.3 is 10.2 Å². The molecule has 0 aromatic heterocycles. The molecule has 0 spiro atoms. The summed E-state index contributed by atoms with van der Waals surface area (Å²) in [5.74, 6) is -1.19. The van der Waals surface area contributed by atoms with Crippen molar-refractivity contribution < 1.29 is 15.0 Å². The van der Waals surface area contributed by atoms with Crippen LogP contribution in [0, 0.1) is 0 Å². The number of rotatable bonds is 1. The van der Waals surface area contributed by atoms with Crippen LogP contribution < -0.4 is 0 Å². The molecule has 0 aliphatic heterocycles. The van der Waals surface area contributed by atoms with Crippen LogP contribution in [0.3, 0.4) is 0 Å². The van der Waals surface area contributed by atoms with E-state index in [4.69, 9.17) is 10.2 Å². The molecule has 0 aliphatic carbocycles. The van der Waals surface area contributed by atoms with Gasteiger partial charge in [-0.05, 0) is 6.92 Å². The molecule has 0 aromatic rings. The second-order valence-corrected chi connectivity index (χ2v) is 1.01. The number of carbonyl (C=O) groups is 1. The van der Waals surface area contributed by atoms with Crippen molar-refractivity contribution in [3.8, 4) is 0 Å². The molecule has 1 unspecified atom stereocenters. The zero-order valence-corrected chi connectivity index (χ0v) is 5.83. The molecule has 0 amide bonds. The second kappa shape index (κ2) is 23.5. The molecule has 0 aliphatic rings. The maximum atomic E-state index is 9.45. The zero-order chi connectivity index (χ0) is 5.15. The maximum absolute atomic E-state index is 9.45. The third kappa shape index (κ3) is 31.7. The summed E-state index contributed by atoms with van der Waals surface area (Å²) < 4.78 is 0. The average molecular weight is 251 g/mol. The van der Waals surface area contributed by atoms with Crippen LogP contribution in [0.25, 0.3) is 0 Å². The van der Waals surface area contributed by atoms with Crippen molar-refractivity contribution in [1.29, 1.82) is 0 Å². The number of aliphatic hydroxyl groups is 1. The molecule has 8 heteroatoms. The summed E-state index contributed by atoms with van der Waals surface area (Å²) in [6.45, 7) is 1.20. The van der Waals surface area contributed by atoms with Crippen molar-refractivity contribution in [2.24, 2.45) is 0 Å². The van der Waals surface area contributed by atoms with Crippen molar-refractivity contribution >= 4 is 141 Å². The van der Waals surface area contributed by atoms with Crippen LogP contribution >= 0.6 is 24.8 Å². The Labute approximate surface area is 165 Å². The van der Waals surface area contributed by atoms with Crippen LogP contribution in [0.4, 0.5) is 0 Å². The minimum atomic E-state index is -1.23. The topological polar surface area (TPSA) is 57.5 Å². The Morgan fingerprint density at radius 3 is 1.36 bits per heavy atom. The van der Waals surface area contributed by atoms with Gasteiger partial charge >= 0.3 is 116 Å².